The van der Waals surface area contributed by atoms with Gasteiger partial charge >= 0.3 is 0 Å². The zero-order valence-corrected chi connectivity index (χ0v) is 12.3. The van der Waals surface area contributed by atoms with Crippen molar-refractivity contribution in [3.63, 3.8) is 0 Å². The lowest BCUT2D eigenvalue weighted by atomic mass is 10.1. The van der Waals surface area contributed by atoms with Gasteiger partial charge in [-0.2, -0.15) is 0 Å². The maximum absolute atomic E-state index is 5.98. The highest BCUT2D eigenvalue weighted by Gasteiger charge is 2.05. The molecular formula is C16H13BrN2O. The van der Waals surface area contributed by atoms with Crippen molar-refractivity contribution in [2.24, 2.45) is 0 Å². The Morgan fingerprint density at radius 3 is 2.60 bits per heavy atom. The van der Waals surface area contributed by atoms with Crippen LogP contribution < -0.4 is 10.5 Å². The summed E-state index contributed by atoms with van der Waals surface area (Å²) in [6, 6.07) is 17.6. The number of anilines is 1. The predicted molar refractivity (Wildman–Crippen MR) is 84.6 cm³/mol. The Labute approximate surface area is 125 Å². The number of nitrogen functional groups attached to an aromatic ring is 1. The lowest BCUT2D eigenvalue weighted by Crippen LogP contribution is -2.02. The third-order valence-corrected chi connectivity index (χ3v) is 3.57. The molecule has 1 heterocycles. The van der Waals surface area contributed by atoms with E-state index < -0.39 is 0 Å². The monoisotopic (exact) mass is 328 g/mol. The van der Waals surface area contributed by atoms with Crippen LogP contribution in [0, 0.1) is 0 Å². The molecule has 3 nitrogen and oxygen atoms in total. The molecule has 0 bridgehead atoms. The number of para-hydroxylation sites is 1. The molecule has 3 rings (SSSR count). The Bertz CT molecular complexity index is 741. The van der Waals surface area contributed by atoms with Crippen molar-refractivity contribution in [3.8, 4) is 5.75 Å². The van der Waals surface area contributed by atoms with E-state index >= 15 is 0 Å². The van der Waals surface area contributed by atoms with E-state index in [2.05, 4.69) is 20.9 Å². The highest BCUT2D eigenvalue weighted by molar-refractivity contribution is 9.10. The van der Waals surface area contributed by atoms with Crippen LogP contribution in [0.15, 0.2) is 59.1 Å². The molecule has 1 aromatic heterocycles. The lowest BCUT2D eigenvalue weighted by molar-refractivity contribution is 0.306. The summed E-state index contributed by atoms with van der Waals surface area (Å²) in [7, 11) is 0. The zero-order valence-electron chi connectivity index (χ0n) is 10.7. The molecule has 0 aliphatic carbocycles. The van der Waals surface area contributed by atoms with Crippen LogP contribution in [0.1, 0.15) is 5.56 Å². The molecule has 0 atom stereocenters. The topological polar surface area (TPSA) is 48.1 Å². The van der Waals surface area contributed by atoms with E-state index in [1.807, 2.05) is 54.6 Å². The smallest absolute Gasteiger partial charge is 0.130 e. The molecule has 0 radical (unpaired) electrons. The Hall–Kier alpha value is -2.07. The van der Waals surface area contributed by atoms with Crippen molar-refractivity contribution in [1.29, 1.82) is 0 Å². The summed E-state index contributed by atoms with van der Waals surface area (Å²) >= 11 is 3.39. The van der Waals surface area contributed by atoms with Crippen molar-refractivity contribution in [1.82, 2.24) is 4.98 Å². The van der Waals surface area contributed by atoms with Gasteiger partial charge in [-0.1, -0.05) is 34.1 Å². The third kappa shape index (κ3) is 2.75. The maximum Gasteiger partial charge on any atom is 0.130 e. The molecule has 0 saturated carbocycles. The molecule has 0 amide bonds. The van der Waals surface area contributed by atoms with Crippen LogP contribution in [0.5, 0.6) is 5.75 Å². The molecule has 2 N–H and O–H groups in total. The van der Waals surface area contributed by atoms with Gasteiger partial charge < -0.3 is 10.5 Å². The zero-order chi connectivity index (χ0) is 13.9. The molecule has 4 heteroatoms. The van der Waals surface area contributed by atoms with E-state index in [-0.39, 0.29) is 0 Å². The van der Waals surface area contributed by atoms with E-state index in [1.54, 1.807) is 0 Å². The van der Waals surface area contributed by atoms with Gasteiger partial charge in [0.2, 0.25) is 0 Å². The van der Waals surface area contributed by atoms with Crippen LogP contribution in [-0.2, 0) is 6.61 Å². The average molecular weight is 329 g/mol. The van der Waals surface area contributed by atoms with Crippen LogP contribution in [0.4, 0.5) is 5.82 Å². The van der Waals surface area contributed by atoms with Gasteiger partial charge in [0.25, 0.3) is 0 Å². The number of ether oxygens (including phenoxy) is 1. The van der Waals surface area contributed by atoms with Gasteiger partial charge in [-0.25, -0.2) is 4.98 Å². The fourth-order valence-electron chi connectivity index (χ4n) is 1.98. The number of hydrogen-bond acceptors (Lipinski definition) is 3. The molecule has 0 spiro atoms. The second-order valence-electron chi connectivity index (χ2n) is 4.47. The normalized spacial score (nSPS) is 10.7. The summed E-state index contributed by atoms with van der Waals surface area (Å²) in [6.45, 7) is 0.408. The summed E-state index contributed by atoms with van der Waals surface area (Å²) in [5.74, 6) is 1.32. The Kier molecular flexibility index (Phi) is 3.56. The SMILES string of the molecule is Nc1nc2ccccc2cc1COc1ccc(Br)cc1. The van der Waals surface area contributed by atoms with E-state index in [1.165, 1.54) is 0 Å². The molecule has 2 aromatic carbocycles. The van der Waals surface area contributed by atoms with Crippen LogP contribution in [-0.4, -0.2) is 4.98 Å². The summed E-state index contributed by atoms with van der Waals surface area (Å²) in [4.78, 5) is 4.39. The van der Waals surface area contributed by atoms with Gasteiger partial charge in [0.05, 0.1) is 5.52 Å². The minimum atomic E-state index is 0.408. The van der Waals surface area contributed by atoms with Gasteiger partial charge in [-0.05, 0) is 36.4 Å². The Balaban J connectivity index is 1.83. The molecule has 100 valence electrons. The number of aromatic nitrogens is 1. The molecule has 0 fully saturated rings. The minimum Gasteiger partial charge on any atom is -0.489 e. The summed E-state index contributed by atoms with van der Waals surface area (Å²) in [6.07, 6.45) is 0. The Morgan fingerprint density at radius 1 is 1.05 bits per heavy atom. The number of hydrogen-bond donors (Lipinski definition) is 1. The van der Waals surface area contributed by atoms with Crippen molar-refractivity contribution in [3.05, 3.63) is 64.6 Å². The van der Waals surface area contributed by atoms with Crippen molar-refractivity contribution >= 4 is 32.7 Å². The Morgan fingerprint density at radius 2 is 1.80 bits per heavy atom. The number of benzene rings is 2. The number of pyridine rings is 1. The molecule has 0 unspecified atom stereocenters. The first-order valence-corrected chi connectivity index (χ1v) is 7.04. The second-order valence-corrected chi connectivity index (χ2v) is 5.38. The quantitative estimate of drug-likeness (QED) is 0.785. The third-order valence-electron chi connectivity index (χ3n) is 3.04. The molecule has 0 saturated heterocycles. The highest BCUT2D eigenvalue weighted by Crippen LogP contribution is 2.21. The van der Waals surface area contributed by atoms with Crippen molar-refractivity contribution < 1.29 is 4.74 Å². The number of fused-ring (bicyclic) bond motifs is 1. The van der Waals surface area contributed by atoms with Gasteiger partial charge in [0, 0.05) is 15.4 Å². The van der Waals surface area contributed by atoms with E-state index in [4.69, 9.17) is 10.5 Å². The molecule has 0 aliphatic heterocycles. The fourth-order valence-corrected chi connectivity index (χ4v) is 2.25. The van der Waals surface area contributed by atoms with E-state index in [0.717, 1.165) is 26.7 Å². The van der Waals surface area contributed by atoms with Crippen LogP contribution in [0.2, 0.25) is 0 Å². The van der Waals surface area contributed by atoms with Crippen molar-refractivity contribution in [2.75, 3.05) is 5.73 Å². The van der Waals surface area contributed by atoms with Crippen LogP contribution >= 0.6 is 15.9 Å². The number of nitrogens with zero attached hydrogens (tertiary/aromatic N) is 1. The largest absolute Gasteiger partial charge is 0.489 e. The first kappa shape index (κ1) is 12.9. The summed E-state index contributed by atoms with van der Waals surface area (Å²) in [5, 5.41) is 1.07. The lowest BCUT2D eigenvalue weighted by Gasteiger charge is -2.09. The van der Waals surface area contributed by atoms with E-state index in [0.29, 0.717) is 12.4 Å². The number of halogens is 1. The average Bonchev–Trinajstić information content (AvgIpc) is 2.47. The molecule has 20 heavy (non-hydrogen) atoms. The standard InChI is InChI=1S/C16H13BrN2O/c17-13-5-7-14(8-6-13)20-10-12-9-11-3-1-2-4-15(11)19-16(12)18/h1-9H,10H2,(H2,18,19). The van der Waals surface area contributed by atoms with Crippen LogP contribution in [0.25, 0.3) is 10.9 Å². The fraction of sp³-hybridized carbons (Fsp3) is 0.0625. The predicted octanol–water partition coefficient (Wildman–Crippen LogP) is 4.16. The molecule has 3 aromatic rings. The van der Waals surface area contributed by atoms with Crippen LogP contribution in [0.3, 0.4) is 0 Å². The first-order valence-electron chi connectivity index (χ1n) is 6.25. The van der Waals surface area contributed by atoms with Gasteiger partial charge in [-0.3, -0.25) is 0 Å². The van der Waals surface area contributed by atoms with Gasteiger partial charge in [0.15, 0.2) is 0 Å². The van der Waals surface area contributed by atoms with Gasteiger partial charge in [0.1, 0.15) is 18.2 Å². The van der Waals surface area contributed by atoms with Crippen molar-refractivity contribution in [2.45, 2.75) is 6.61 Å². The highest BCUT2D eigenvalue weighted by atomic mass is 79.9. The minimum absolute atomic E-state index is 0.408. The molecule has 0 aliphatic rings. The maximum atomic E-state index is 5.98. The second kappa shape index (κ2) is 5.51. The molecular weight excluding hydrogens is 316 g/mol. The summed E-state index contributed by atoms with van der Waals surface area (Å²) in [5.41, 5.74) is 7.77. The van der Waals surface area contributed by atoms with Gasteiger partial charge in [-0.15, -0.1) is 0 Å². The number of nitrogens with two attached hydrogens (primary N) is 1. The first-order chi connectivity index (χ1) is 9.72. The van der Waals surface area contributed by atoms with E-state index in [9.17, 15) is 0 Å². The number of rotatable bonds is 3. The summed E-state index contributed by atoms with van der Waals surface area (Å²) < 4.78 is 6.76.